The summed E-state index contributed by atoms with van der Waals surface area (Å²) in [6, 6.07) is 0. The van der Waals surface area contributed by atoms with Gasteiger partial charge in [0.2, 0.25) is 0 Å². The molecule has 0 aromatic rings. The Morgan fingerprint density at radius 3 is 1.83 bits per heavy atom. The molecule has 0 spiro atoms. The maximum absolute atomic E-state index is 7.04. The molecule has 0 saturated heterocycles. The second-order valence-electron chi connectivity index (χ2n) is 0.827. The van der Waals surface area contributed by atoms with Gasteiger partial charge in [0.1, 0.15) is 0 Å². The van der Waals surface area contributed by atoms with E-state index in [9.17, 15) is 0 Å². The topological polar surface area (TPSA) is 0 Å². The maximum Gasteiger partial charge on any atom is 0.0276 e. The van der Waals surface area contributed by atoms with Crippen molar-refractivity contribution < 1.29 is 13.7 Å². The van der Waals surface area contributed by atoms with Crippen LogP contribution in [0.2, 0.25) is 0 Å². The molecule has 0 amide bonds. The summed E-state index contributed by atoms with van der Waals surface area (Å²) in [5.41, 5.74) is -1.91. The van der Waals surface area contributed by atoms with Crippen LogP contribution in [0.15, 0.2) is 11.1 Å². The van der Waals surface area contributed by atoms with Crippen LogP contribution in [0.1, 0.15) is 41.2 Å². The fourth-order valence-electron chi connectivity index (χ4n) is 0. The molecule has 0 aliphatic carbocycles. The summed E-state index contributed by atoms with van der Waals surface area (Å²) in [5.74, 6) is 0. The van der Waals surface area contributed by atoms with E-state index >= 15 is 0 Å². The van der Waals surface area contributed by atoms with Crippen LogP contribution in [-0.4, -0.2) is 0 Å². The van der Waals surface area contributed by atoms with Crippen LogP contribution in [-0.2, 0) is 0 Å². The molecule has 6 heavy (non-hydrogen) atoms. The molecule has 0 unspecified atom stereocenters. The lowest BCUT2D eigenvalue weighted by atomic mass is 10.2. The van der Waals surface area contributed by atoms with E-state index in [1.54, 1.807) is 0 Å². The van der Waals surface area contributed by atoms with Crippen molar-refractivity contribution in [3.63, 3.8) is 0 Å². The van der Waals surface area contributed by atoms with Gasteiger partial charge in [-0.3, -0.25) is 0 Å². The van der Waals surface area contributed by atoms with E-state index in [4.69, 9.17) is 13.7 Å². The third-order valence-electron chi connectivity index (χ3n) is 0.290. The van der Waals surface area contributed by atoms with Gasteiger partial charge >= 0.3 is 0 Å². The van der Waals surface area contributed by atoms with E-state index < -0.39 is 38.6 Å². The Kier molecular flexibility index (Phi) is 0.199. The molecular weight excluding hydrogens is 72.1 g/mol. The van der Waals surface area contributed by atoms with Crippen LogP contribution >= 0.6 is 0 Å². The molecule has 36 valence electrons. The molecular formula is C6H12. The van der Waals surface area contributed by atoms with Gasteiger partial charge in [0.25, 0.3) is 0 Å². The Morgan fingerprint density at radius 1 is 1.17 bits per heavy atom. The highest BCUT2D eigenvalue weighted by molar-refractivity contribution is 5.02. The molecule has 0 heterocycles. The highest BCUT2D eigenvalue weighted by Gasteiger charge is 1.75. The molecule has 0 aliphatic rings. The Balaban J connectivity index is 5.87. The molecule has 0 saturated carbocycles. The second-order valence-corrected chi connectivity index (χ2v) is 0.827. The standard InChI is InChI=1S/C6H12/c1-5(2)6(3)4/h1-4H3/i1D2,2D3,3D2,4D3/b6-5-. The third-order valence-corrected chi connectivity index (χ3v) is 0.290. The minimum atomic E-state index is -2.95. The molecule has 0 fully saturated rings. The van der Waals surface area contributed by atoms with Crippen LogP contribution in [0.3, 0.4) is 0 Å². The molecule has 0 nitrogen and oxygen atoms in total. The molecule has 0 heteroatoms. The summed E-state index contributed by atoms with van der Waals surface area (Å²) >= 11 is 0. The first-order chi connectivity index (χ1) is 6.89. The highest BCUT2D eigenvalue weighted by Crippen LogP contribution is 1.96. The number of rotatable bonds is 0. The Bertz CT molecular complexity index is 238. The second kappa shape index (κ2) is 2.01. The van der Waals surface area contributed by atoms with Crippen molar-refractivity contribution in [2.45, 2.75) is 27.5 Å². The predicted octanol–water partition coefficient (Wildman–Crippen LogP) is 2.36. The average molecular weight is 94.2 g/mol. The van der Waals surface area contributed by atoms with Crippen LogP contribution in [0.4, 0.5) is 0 Å². The zero-order valence-electron chi connectivity index (χ0n) is 13.2. The van der Waals surface area contributed by atoms with Crippen LogP contribution in [0.5, 0.6) is 0 Å². The Labute approximate surface area is 53.9 Å². The zero-order chi connectivity index (χ0) is 13.3. The van der Waals surface area contributed by atoms with Crippen molar-refractivity contribution in [2.75, 3.05) is 0 Å². The van der Waals surface area contributed by atoms with Gasteiger partial charge in [-0.1, -0.05) is 11.1 Å². The Morgan fingerprint density at radius 2 is 1.67 bits per heavy atom. The lowest BCUT2D eigenvalue weighted by molar-refractivity contribution is 1.23. The molecule has 0 atom stereocenters. The van der Waals surface area contributed by atoms with Crippen LogP contribution < -0.4 is 0 Å². The van der Waals surface area contributed by atoms with Crippen molar-refractivity contribution in [2.24, 2.45) is 0 Å². The lowest BCUT2D eigenvalue weighted by Gasteiger charge is -1.88. The highest BCUT2D eigenvalue weighted by atomic mass is 13.8. The van der Waals surface area contributed by atoms with E-state index in [0.29, 0.717) is 0 Å². The lowest BCUT2D eigenvalue weighted by Crippen LogP contribution is -1.66. The van der Waals surface area contributed by atoms with Gasteiger partial charge in [0.05, 0.1) is 0 Å². The summed E-state index contributed by atoms with van der Waals surface area (Å²) in [6.45, 7) is -9.95. The van der Waals surface area contributed by atoms with Gasteiger partial charge in [-0.05, 0) is 27.5 Å². The van der Waals surface area contributed by atoms with Crippen molar-refractivity contribution in [3.05, 3.63) is 11.1 Å². The summed E-state index contributed by atoms with van der Waals surface area (Å²) < 4.78 is 70.4. The zero-order valence-corrected chi connectivity index (χ0v) is 3.15. The number of hydrogen-bond donors (Lipinski definition) is 0. The number of allylic oxidation sites excluding steroid dienone is 2. The maximum atomic E-state index is 7.04. The molecule has 0 radical (unpaired) electrons. The quantitative estimate of drug-likeness (QED) is 0.404. The first kappa shape index (κ1) is 0.594. The summed E-state index contributed by atoms with van der Waals surface area (Å²) in [7, 11) is 0. The minimum Gasteiger partial charge on any atom is -0.0778 e. The van der Waals surface area contributed by atoms with Gasteiger partial charge in [0.15, 0.2) is 0 Å². The monoisotopic (exact) mass is 94.2 g/mol. The van der Waals surface area contributed by atoms with Gasteiger partial charge in [-0.25, -0.2) is 0 Å². The van der Waals surface area contributed by atoms with Crippen molar-refractivity contribution in [1.29, 1.82) is 0 Å². The molecule has 0 aromatic carbocycles. The molecule has 0 aliphatic heterocycles. The fraction of sp³-hybridized carbons (Fsp3) is 0.667. The van der Waals surface area contributed by atoms with Crippen LogP contribution in [0.25, 0.3) is 0 Å². The van der Waals surface area contributed by atoms with E-state index in [1.807, 2.05) is 0 Å². The van der Waals surface area contributed by atoms with Crippen molar-refractivity contribution in [1.82, 2.24) is 0 Å². The van der Waals surface area contributed by atoms with E-state index in [2.05, 4.69) is 0 Å². The van der Waals surface area contributed by atoms with Gasteiger partial charge in [0, 0.05) is 13.7 Å². The molecule has 0 N–H and O–H groups in total. The minimum absolute atomic E-state index is 0.956. The fourth-order valence-corrected chi connectivity index (χ4v) is 0. The normalized spacial score (nSPS) is 43.7. The van der Waals surface area contributed by atoms with E-state index in [0.717, 1.165) is 0 Å². The van der Waals surface area contributed by atoms with E-state index in [-0.39, 0.29) is 0 Å². The first-order valence-corrected chi connectivity index (χ1v) is 1.33. The largest absolute Gasteiger partial charge is 0.0778 e. The Hall–Kier alpha value is -0.260. The van der Waals surface area contributed by atoms with Gasteiger partial charge < -0.3 is 0 Å². The SMILES string of the molecule is [2H]C([2H])/C(=C(\C([2H])[2H])C([2H])([2H])[2H])C([2H])([2H])[2H]. The third kappa shape index (κ3) is 2.01. The van der Waals surface area contributed by atoms with Crippen molar-refractivity contribution in [3.8, 4) is 0 Å². The molecule has 0 rings (SSSR count). The summed E-state index contributed by atoms with van der Waals surface area (Å²) in [6.07, 6.45) is 0. The van der Waals surface area contributed by atoms with Gasteiger partial charge in [-0.15, -0.1) is 0 Å². The summed E-state index contributed by atoms with van der Waals surface area (Å²) in [5, 5.41) is 0. The number of hydrogen-bond acceptors (Lipinski definition) is 0. The molecule has 0 bridgehead atoms. The van der Waals surface area contributed by atoms with E-state index in [1.165, 1.54) is 0 Å². The summed E-state index contributed by atoms with van der Waals surface area (Å²) in [4.78, 5) is 0. The first-order valence-electron chi connectivity index (χ1n) is 6.64. The van der Waals surface area contributed by atoms with Crippen molar-refractivity contribution >= 4 is 0 Å². The average Bonchev–Trinajstić information content (AvgIpc) is 1.92. The smallest absolute Gasteiger partial charge is 0.0276 e. The van der Waals surface area contributed by atoms with Crippen LogP contribution in [0, 0.1) is 0 Å². The predicted molar refractivity (Wildman–Crippen MR) is 29.7 cm³/mol. The van der Waals surface area contributed by atoms with Gasteiger partial charge in [-0.2, -0.15) is 0 Å². The molecule has 0 aromatic heterocycles.